The Morgan fingerprint density at radius 1 is 1.11 bits per heavy atom. The van der Waals surface area contributed by atoms with E-state index in [1.54, 1.807) is 12.1 Å². The molecule has 0 atom stereocenters. The van der Waals surface area contributed by atoms with Crippen LogP contribution in [0.2, 0.25) is 0 Å². The highest BCUT2D eigenvalue weighted by molar-refractivity contribution is 9.10. The first-order valence-corrected chi connectivity index (χ1v) is 7.13. The summed E-state index contributed by atoms with van der Waals surface area (Å²) in [6, 6.07) is 13.1. The second kappa shape index (κ2) is 6.20. The van der Waals surface area contributed by atoms with Crippen molar-refractivity contribution in [3.8, 4) is 0 Å². The summed E-state index contributed by atoms with van der Waals surface area (Å²) in [5, 5.41) is 3.30. The Labute approximate surface area is 122 Å². The van der Waals surface area contributed by atoms with Gasteiger partial charge in [0.15, 0.2) is 0 Å². The molecule has 1 nitrogen and oxygen atoms in total. The molecule has 0 radical (unpaired) electrons. The fourth-order valence-electron chi connectivity index (χ4n) is 1.86. The summed E-state index contributed by atoms with van der Waals surface area (Å²) < 4.78 is 14.1. The fraction of sp³-hybridized carbons (Fsp3) is 0.250. The van der Waals surface area contributed by atoms with E-state index in [1.807, 2.05) is 0 Å². The van der Waals surface area contributed by atoms with Crippen LogP contribution in [-0.4, -0.2) is 0 Å². The molecular formula is C16H17BrFN. The molecule has 0 saturated carbocycles. The number of rotatable bonds is 4. The SMILES string of the molecule is CC(C)c1ccc(NCc2cc(F)ccc2Br)cc1. The van der Waals surface area contributed by atoms with Crippen LogP contribution in [0.25, 0.3) is 0 Å². The minimum Gasteiger partial charge on any atom is -0.381 e. The Hall–Kier alpha value is -1.35. The van der Waals surface area contributed by atoms with E-state index in [1.165, 1.54) is 11.6 Å². The number of halogens is 2. The molecule has 19 heavy (non-hydrogen) atoms. The molecule has 0 aromatic heterocycles. The number of hydrogen-bond donors (Lipinski definition) is 1. The molecule has 0 heterocycles. The molecule has 0 unspecified atom stereocenters. The van der Waals surface area contributed by atoms with Crippen LogP contribution in [0.1, 0.15) is 30.9 Å². The quantitative estimate of drug-likeness (QED) is 0.803. The van der Waals surface area contributed by atoms with Crippen molar-refractivity contribution < 1.29 is 4.39 Å². The van der Waals surface area contributed by atoms with E-state index < -0.39 is 0 Å². The van der Waals surface area contributed by atoms with Gasteiger partial charge in [0.25, 0.3) is 0 Å². The third kappa shape index (κ3) is 3.80. The fourth-order valence-corrected chi connectivity index (χ4v) is 2.25. The molecule has 0 aliphatic heterocycles. The Morgan fingerprint density at radius 3 is 2.42 bits per heavy atom. The molecule has 0 aliphatic rings. The van der Waals surface area contributed by atoms with Gasteiger partial charge in [-0.05, 0) is 47.4 Å². The second-order valence-corrected chi connectivity index (χ2v) is 5.72. The van der Waals surface area contributed by atoms with Gasteiger partial charge in [-0.25, -0.2) is 4.39 Å². The van der Waals surface area contributed by atoms with Crippen molar-refractivity contribution >= 4 is 21.6 Å². The van der Waals surface area contributed by atoms with Gasteiger partial charge < -0.3 is 5.32 Å². The van der Waals surface area contributed by atoms with E-state index in [9.17, 15) is 4.39 Å². The van der Waals surface area contributed by atoms with E-state index >= 15 is 0 Å². The van der Waals surface area contributed by atoms with Gasteiger partial charge in [-0.2, -0.15) is 0 Å². The molecule has 2 rings (SSSR count). The average molecular weight is 322 g/mol. The van der Waals surface area contributed by atoms with Gasteiger partial charge in [-0.15, -0.1) is 0 Å². The van der Waals surface area contributed by atoms with Crippen LogP contribution in [0.15, 0.2) is 46.9 Å². The maximum absolute atomic E-state index is 13.2. The highest BCUT2D eigenvalue weighted by Crippen LogP contribution is 2.21. The predicted molar refractivity (Wildman–Crippen MR) is 82.0 cm³/mol. The molecule has 2 aromatic carbocycles. The van der Waals surface area contributed by atoms with Crippen LogP contribution in [0.5, 0.6) is 0 Å². The summed E-state index contributed by atoms with van der Waals surface area (Å²) in [6.07, 6.45) is 0. The van der Waals surface area contributed by atoms with E-state index in [4.69, 9.17) is 0 Å². The molecule has 0 aliphatic carbocycles. The zero-order valence-corrected chi connectivity index (χ0v) is 12.7. The van der Waals surface area contributed by atoms with Crippen molar-refractivity contribution in [2.45, 2.75) is 26.3 Å². The average Bonchev–Trinajstić information content (AvgIpc) is 2.40. The molecule has 0 amide bonds. The Bertz CT molecular complexity index is 549. The van der Waals surface area contributed by atoms with Gasteiger partial charge in [0, 0.05) is 16.7 Å². The molecular weight excluding hydrogens is 305 g/mol. The third-order valence-corrected chi connectivity index (χ3v) is 3.84. The van der Waals surface area contributed by atoms with Gasteiger partial charge in [0.05, 0.1) is 0 Å². The first-order chi connectivity index (χ1) is 9.06. The standard InChI is InChI=1S/C16H17BrFN/c1-11(2)12-3-6-15(7-4-12)19-10-13-9-14(18)5-8-16(13)17/h3-9,11,19H,10H2,1-2H3. The minimum absolute atomic E-state index is 0.213. The van der Waals surface area contributed by atoms with Crippen molar-refractivity contribution in [3.63, 3.8) is 0 Å². The molecule has 100 valence electrons. The molecule has 0 bridgehead atoms. The molecule has 2 aromatic rings. The summed E-state index contributed by atoms with van der Waals surface area (Å²) in [7, 11) is 0. The Kier molecular flexibility index (Phi) is 4.59. The van der Waals surface area contributed by atoms with Crippen LogP contribution in [0.3, 0.4) is 0 Å². The summed E-state index contributed by atoms with van der Waals surface area (Å²) in [5.41, 5.74) is 3.27. The zero-order valence-electron chi connectivity index (χ0n) is 11.1. The van der Waals surface area contributed by atoms with Crippen LogP contribution in [0.4, 0.5) is 10.1 Å². The normalized spacial score (nSPS) is 10.8. The summed E-state index contributed by atoms with van der Waals surface area (Å²) in [5.74, 6) is 0.321. The first-order valence-electron chi connectivity index (χ1n) is 6.34. The predicted octanol–water partition coefficient (Wildman–Crippen LogP) is 5.32. The molecule has 0 saturated heterocycles. The van der Waals surface area contributed by atoms with Crippen molar-refractivity contribution in [1.29, 1.82) is 0 Å². The Morgan fingerprint density at radius 2 is 1.79 bits per heavy atom. The van der Waals surface area contributed by atoms with Crippen LogP contribution in [0, 0.1) is 5.82 Å². The molecule has 3 heteroatoms. The third-order valence-electron chi connectivity index (χ3n) is 3.07. The molecule has 1 N–H and O–H groups in total. The monoisotopic (exact) mass is 321 g/mol. The maximum atomic E-state index is 13.2. The van der Waals surface area contributed by atoms with Crippen LogP contribution < -0.4 is 5.32 Å². The molecule has 0 fully saturated rings. The van der Waals surface area contributed by atoms with Crippen LogP contribution in [-0.2, 0) is 6.54 Å². The second-order valence-electron chi connectivity index (χ2n) is 4.87. The lowest BCUT2D eigenvalue weighted by Crippen LogP contribution is -2.01. The highest BCUT2D eigenvalue weighted by Gasteiger charge is 2.02. The van der Waals surface area contributed by atoms with Gasteiger partial charge in [0.2, 0.25) is 0 Å². The smallest absolute Gasteiger partial charge is 0.123 e. The van der Waals surface area contributed by atoms with Crippen molar-refractivity contribution in [1.82, 2.24) is 0 Å². The highest BCUT2D eigenvalue weighted by atomic mass is 79.9. The lowest BCUT2D eigenvalue weighted by atomic mass is 10.0. The zero-order chi connectivity index (χ0) is 13.8. The van der Waals surface area contributed by atoms with Gasteiger partial charge >= 0.3 is 0 Å². The van der Waals surface area contributed by atoms with Gasteiger partial charge in [-0.3, -0.25) is 0 Å². The van der Waals surface area contributed by atoms with Gasteiger partial charge in [0.1, 0.15) is 5.82 Å². The van der Waals surface area contributed by atoms with Crippen molar-refractivity contribution in [2.75, 3.05) is 5.32 Å². The number of benzene rings is 2. The maximum Gasteiger partial charge on any atom is 0.123 e. The number of hydrogen-bond acceptors (Lipinski definition) is 1. The van der Waals surface area contributed by atoms with E-state index in [2.05, 4.69) is 59.4 Å². The Balaban J connectivity index is 2.04. The first kappa shape index (κ1) is 14.1. The molecule has 0 spiro atoms. The summed E-state index contributed by atoms with van der Waals surface area (Å²) in [6.45, 7) is 4.94. The van der Waals surface area contributed by atoms with E-state index in [0.717, 1.165) is 15.7 Å². The van der Waals surface area contributed by atoms with Crippen molar-refractivity contribution in [3.05, 3.63) is 63.9 Å². The van der Waals surface area contributed by atoms with E-state index in [-0.39, 0.29) is 5.82 Å². The number of anilines is 1. The largest absolute Gasteiger partial charge is 0.381 e. The lowest BCUT2D eigenvalue weighted by Gasteiger charge is -2.10. The van der Waals surface area contributed by atoms with E-state index in [0.29, 0.717) is 12.5 Å². The summed E-state index contributed by atoms with van der Waals surface area (Å²) >= 11 is 3.43. The number of nitrogens with one attached hydrogen (secondary N) is 1. The van der Waals surface area contributed by atoms with Crippen molar-refractivity contribution in [2.24, 2.45) is 0 Å². The van der Waals surface area contributed by atoms with Gasteiger partial charge in [-0.1, -0.05) is 41.9 Å². The van der Waals surface area contributed by atoms with Crippen LogP contribution >= 0.6 is 15.9 Å². The lowest BCUT2D eigenvalue weighted by molar-refractivity contribution is 0.625. The minimum atomic E-state index is -0.213. The summed E-state index contributed by atoms with van der Waals surface area (Å²) in [4.78, 5) is 0. The topological polar surface area (TPSA) is 12.0 Å².